The fraction of sp³-hybridized carbons (Fsp3) is 0.650. The molecule has 0 radical (unpaired) electrons. The molecule has 2 aromatic rings. The van der Waals surface area contributed by atoms with Gasteiger partial charge in [-0.2, -0.15) is 0 Å². The predicted molar refractivity (Wildman–Crippen MR) is 115 cm³/mol. The number of nitrogens with zero attached hydrogens (tertiary/aromatic N) is 2. The third-order valence-electron chi connectivity index (χ3n) is 5.55. The van der Waals surface area contributed by atoms with Crippen molar-refractivity contribution < 1.29 is 4.79 Å². The molecule has 1 aliphatic carbocycles. The summed E-state index contributed by atoms with van der Waals surface area (Å²) in [6.07, 6.45) is 5.98. The van der Waals surface area contributed by atoms with Crippen molar-refractivity contribution in [3.63, 3.8) is 0 Å². The molecule has 0 saturated heterocycles. The highest BCUT2D eigenvalue weighted by Crippen LogP contribution is 2.28. The van der Waals surface area contributed by atoms with Crippen molar-refractivity contribution >= 4 is 39.2 Å². The molecule has 1 atom stereocenters. The van der Waals surface area contributed by atoms with Crippen molar-refractivity contribution in [2.75, 3.05) is 6.54 Å². The molecule has 0 aliphatic heterocycles. The predicted octanol–water partition coefficient (Wildman–Crippen LogP) is 4.40. The van der Waals surface area contributed by atoms with Crippen molar-refractivity contribution in [2.45, 2.75) is 76.8 Å². The minimum Gasteiger partial charge on any atom is -0.339 e. The lowest BCUT2D eigenvalue weighted by atomic mass is 9.94. The molecule has 2 aromatic heterocycles. The number of H-pyrrole nitrogens is 1. The average molecular weight is 408 g/mol. The zero-order chi connectivity index (χ0) is 19.6. The standard InChI is InChI=1S/C20H29N3O2S2/c1-5-23(15-9-7-6-8-10-15)20(25)14(4)26-11-16-21-18(24)17-12(2)13(3)27-19(17)22-16/h14-15H,5-11H2,1-4H3,(H,21,22,24). The molecule has 7 heteroatoms. The molecule has 3 rings (SSSR count). The normalized spacial score (nSPS) is 16.6. The molecular weight excluding hydrogens is 378 g/mol. The Morgan fingerprint density at radius 3 is 2.70 bits per heavy atom. The second-order valence-corrected chi connectivity index (χ2v) is 9.88. The van der Waals surface area contributed by atoms with Gasteiger partial charge in [-0.3, -0.25) is 9.59 Å². The largest absolute Gasteiger partial charge is 0.339 e. The fourth-order valence-electron chi connectivity index (χ4n) is 3.86. The second kappa shape index (κ2) is 8.78. The summed E-state index contributed by atoms with van der Waals surface area (Å²) in [4.78, 5) is 36.8. The van der Waals surface area contributed by atoms with Gasteiger partial charge < -0.3 is 9.88 Å². The van der Waals surface area contributed by atoms with E-state index in [4.69, 9.17) is 0 Å². The topological polar surface area (TPSA) is 66.1 Å². The van der Waals surface area contributed by atoms with Crippen molar-refractivity contribution in [2.24, 2.45) is 0 Å². The first-order valence-electron chi connectivity index (χ1n) is 9.83. The van der Waals surface area contributed by atoms with Crippen LogP contribution in [-0.4, -0.2) is 38.6 Å². The Labute approximate surface area is 169 Å². The first-order chi connectivity index (χ1) is 12.9. The third-order valence-corrected chi connectivity index (χ3v) is 7.79. The summed E-state index contributed by atoms with van der Waals surface area (Å²) >= 11 is 3.11. The van der Waals surface area contributed by atoms with Gasteiger partial charge in [0.1, 0.15) is 10.7 Å². The van der Waals surface area contributed by atoms with Gasteiger partial charge in [0.15, 0.2) is 0 Å². The van der Waals surface area contributed by atoms with Gasteiger partial charge in [0.25, 0.3) is 5.56 Å². The van der Waals surface area contributed by atoms with Crippen LogP contribution in [0.3, 0.4) is 0 Å². The molecule has 1 saturated carbocycles. The molecule has 1 fully saturated rings. The van der Waals surface area contributed by atoms with Gasteiger partial charge in [-0.25, -0.2) is 4.98 Å². The zero-order valence-corrected chi connectivity index (χ0v) is 18.3. The van der Waals surface area contributed by atoms with Gasteiger partial charge in [0.2, 0.25) is 5.91 Å². The monoisotopic (exact) mass is 407 g/mol. The Hall–Kier alpha value is -1.34. The number of amides is 1. The van der Waals surface area contributed by atoms with Crippen molar-refractivity contribution in [3.8, 4) is 0 Å². The summed E-state index contributed by atoms with van der Waals surface area (Å²) in [5, 5.41) is 0.560. The van der Waals surface area contributed by atoms with Gasteiger partial charge in [-0.1, -0.05) is 19.3 Å². The Morgan fingerprint density at radius 2 is 2.04 bits per heavy atom. The molecular formula is C20H29N3O2S2. The number of aromatic nitrogens is 2. The highest BCUT2D eigenvalue weighted by Gasteiger charge is 2.27. The van der Waals surface area contributed by atoms with Gasteiger partial charge in [-0.15, -0.1) is 23.1 Å². The molecule has 1 N–H and O–H groups in total. The van der Waals surface area contributed by atoms with E-state index < -0.39 is 0 Å². The number of aryl methyl sites for hydroxylation is 2. The highest BCUT2D eigenvalue weighted by molar-refractivity contribution is 7.99. The van der Waals surface area contributed by atoms with Crippen LogP contribution in [0.25, 0.3) is 10.2 Å². The van der Waals surface area contributed by atoms with Gasteiger partial charge >= 0.3 is 0 Å². The van der Waals surface area contributed by atoms with Crippen LogP contribution in [0, 0.1) is 13.8 Å². The molecule has 1 unspecified atom stereocenters. The summed E-state index contributed by atoms with van der Waals surface area (Å²) in [6, 6.07) is 0.394. The number of fused-ring (bicyclic) bond motifs is 1. The summed E-state index contributed by atoms with van der Waals surface area (Å²) in [6.45, 7) is 8.78. The van der Waals surface area contributed by atoms with E-state index in [1.807, 2.05) is 20.8 Å². The van der Waals surface area contributed by atoms with Crippen LogP contribution in [-0.2, 0) is 10.5 Å². The molecule has 2 heterocycles. The van der Waals surface area contributed by atoms with E-state index in [-0.39, 0.29) is 16.7 Å². The maximum atomic E-state index is 12.9. The molecule has 0 spiro atoms. The number of carbonyl (C=O) groups excluding carboxylic acids is 1. The SMILES string of the molecule is CCN(C(=O)C(C)SCc1nc2sc(C)c(C)c2c(=O)[nH]1)C1CCCCC1. The molecule has 1 amide bonds. The molecule has 5 nitrogen and oxygen atoms in total. The van der Waals surface area contributed by atoms with Crippen LogP contribution in [0.1, 0.15) is 62.2 Å². The van der Waals surface area contributed by atoms with Crippen LogP contribution in [0.4, 0.5) is 0 Å². The van der Waals surface area contributed by atoms with Gasteiger partial charge in [0, 0.05) is 17.5 Å². The van der Waals surface area contributed by atoms with Crippen molar-refractivity contribution in [1.82, 2.24) is 14.9 Å². The Bertz CT molecular complexity index is 868. The number of nitrogens with one attached hydrogen (secondary N) is 1. The number of rotatable bonds is 6. The van der Waals surface area contributed by atoms with E-state index in [0.29, 0.717) is 23.0 Å². The van der Waals surface area contributed by atoms with Crippen LogP contribution < -0.4 is 5.56 Å². The highest BCUT2D eigenvalue weighted by atomic mass is 32.2. The first-order valence-corrected chi connectivity index (χ1v) is 11.7. The second-order valence-electron chi connectivity index (χ2n) is 7.35. The number of thioether (sulfide) groups is 1. The molecule has 0 bridgehead atoms. The Kier molecular flexibility index (Phi) is 6.63. The van der Waals surface area contributed by atoms with Crippen LogP contribution in [0.5, 0.6) is 0 Å². The third kappa shape index (κ3) is 4.40. The number of thiophene rings is 1. The number of hydrogen-bond acceptors (Lipinski definition) is 5. The quantitative estimate of drug-likeness (QED) is 0.770. The van der Waals surface area contributed by atoms with Crippen LogP contribution >= 0.6 is 23.1 Å². The number of hydrogen-bond donors (Lipinski definition) is 1. The molecule has 27 heavy (non-hydrogen) atoms. The first kappa shape index (κ1) is 20.4. The van der Waals surface area contributed by atoms with Gasteiger partial charge in [-0.05, 0) is 46.1 Å². The molecule has 0 aromatic carbocycles. The van der Waals surface area contributed by atoms with E-state index in [1.165, 1.54) is 19.3 Å². The fourth-order valence-corrected chi connectivity index (χ4v) is 5.73. The van der Waals surface area contributed by atoms with Crippen molar-refractivity contribution in [3.05, 3.63) is 26.6 Å². The summed E-state index contributed by atoms with van der Waals surface area (Å²) in [5.41, 5.74) is 0.936. The van der Waals surface area contributed by atoms with Gasteiger partial charge in [0.05, 0.1) is 16.4 Å². The lowest BCUT2D eigenvalue weighted by Gasteiger charge is -2.35. The van der Waals surface area contributed by atoms with Crippen LogP contribution in [0.2, 0.25) is 0 Å². The van der Waals surface area contributed by atoms with E-state index in [0.717, 1.165) is 34.7 Å². The Balaban J connectivity index is 1.67. The smallest absolute Gasteiger partial charge is 0.259 e. The van der Waals surface area contributed by atoms with E-state index in [1.54, 1.807) is 23.1 Å². The number of aromatic amines is 1. The summed E-state index contributed by atoms with van der Waals surface area (Å²) in [5.74, 6) is 1.40. The molecule has 148 valence electrons. The maximum Gasteiger partial charge on any atom is 0.259 e. The maximum absolute atomic E-state index is 12.9. The Morgan fingerprint density at radius 1 is 1.33 bits per heavy atom. The lowest BCUT2D eigenvalue weighted by molar-refractivity contribution is -0.133. The van der Waals surface area contributed by atoms with Crippen molar-refractivity contribution in [1.29, 1.82) is 0 Å². The van der Waals surface area contributed by atoms with E-state index >= 15 is 0 Å². The zero-order valence-electron chi connectivity index (χ0n) is 16.6. The minimum absolute atomic E-state index is 0.0752. The van der Waals surface area contributed by atoms with E-state index in [9.17, 15) is 9.59 Å². The average Bonchev–Trinajstić information content (AvgIpc) is 2.95. The van der Waals surface area contributed by atoms with E-state index in [2.05, 4.69) is 21.8 Å². The minimum atomic E-state index is -0.139. The number of carbonyl (C=O) groups is 1. The van der Waals surface area contributed by atoms with Crippen LogP contribution in [0.15, 0.2) is 4.79 Å². The summed E-state index contributed by atoms with van der Waals surface area (Å²) in [7, 11) is 0. The lowest BCUT2D eigenvalue weighted by Crippen LogP contribution is -2.44. The summed E-state index contributed by atoms with van der Waals surface area (Å²) < 4.78 is 0. The molecule has 1 aliphatic rings.